The van der Waals surface area contributed by atoms with Gasteiger partial charge >= 0.3 is 12.1 Å². The van der Waals surface area contributed by atoms with Gasteiger partial charge < -0.3 is 56.5 Å². The Kier molecular flexibility index (Phi) is 19.8. The van der Waals surface area contributed by atoms with E-state index in [4.69, 9.17) is 19.9 Å². The largest absolute Gasteiger partial charge is 0.444 e. The van der Waals surface area contributed by atoms with Crippen LogP contribution < -0.4 is 32.3 Å². The molecular formula is C65H79N7O15. The van der Waals surface area contributed by atoms with Crippen molar-refractivity contribution in [3.63, 3.8) is 0 Å². The van der Waals surface area contributed by atoms with Crippen LogP contribution in [0.15, 0.2) is 103 Å². The molecule has 0 radical (unpaired) electrons. The molecule has 8 amide bonds. The van der Waals surface area contributed by atoms with Crippen LogP contribution in [-0.2, 0) is 67.4 Å². The van der Waals surface area contributed by atoms with E-state index >= 15 is 0 Å². The summed E-state index contributed by atoms with van der Waals surface area (Å²) in [6.07, 6.45) is 9.16. The molecular weight excluding hydrogens is 1120 g/mol. The SMILES string of the molecule is CC(C)[C@H](NC(=O)CCCCCN1C(=O)C=CC1=O)C(=O)N[C@@H](CCCNC(N)=O)C(=O)Nc1ccc(COC(=O)Nc2ccc(Cc3cccc([C@@H]4O[C@@H]5C[C@H]6[C@@H]7CCC8=CC(=O)C=C[C@]8(C)[C@H]7[C@@H](O)C[C@]6(C)[C@]5(C(=O)CO)O4)c3)cc2CO)cc1. The number of nitrogens with one attached hydrogen (secondary N) is 5. The van der Waals surface area contributed by atoms with Crippen molar-refractivity contribution in [2.75, 3.05) is 30.3 Å². The van der Waals surface area contributed by atoms with Gasteiger partial charge in [0.2, 0.25) is 17.7 Å². The standard InChI is InChI=1S/C65H79N7O15/c1-37(2)57(71-53(78)13-6-5-7-27-72-54(79)22-23-55(72)80)59(82)69-49(12-9-26-67-61(66)83)58(81)68-44-18-14-38(15-19-44)36-85-62(84)70-48-21-16-40(30-42(48)34-73)28-39-10-8-11-41(29-39)60-86-52-32-47-46-20-17-43-31-45(75)24-25-63(43,3)56(46)50(76)33-64(47,4)65(52,87-60)51(77)35-74/h8,10-11,14-16,18-19,21-25,29-31,37,46-47,49-50,52,56-57,60,73-74,76H,5-7,9,12-13,17,20,26-28,32-36H2,1-4H3,(H,68,81)(H,69,82)(H,70,84)(H,71,78)(H3,66,67,83)/t46-,47-,49-,50-,52+,56+,57-,60+,63-,64-,65+/m0/s1. The summed E-state index contributed by atoms with van der Waals surface area (Å²) < 4.78 is 19.1. The minimum atomic E-state index is -1.50. The van der Waals surface area contributed by atoms with E-state index in [0.717, 1.165) is 28.0 Å². The topological polar surface area (TPSA) is 331 Å². The van der Waals surface area contributed by atoms with Gasteiger partial charge in [0.1, 0.15) is 25.3 Å². The number of ketones is 2. The van der Waals surface area contributed by atoms with E-state index in [0.29, 0.717) is 66.6 Å². The van der Waals surface area contributed by atoms with Crippen molar-refractivity contribution >= 4 is 64.6 Å². The second kappa shape index (κ2) is 27.0. The van der Waals surface area contributed by atoms with Crippen LogP contribution in [0.2, 0.25) is 0 Å². The maximum Gasteiger partial charge on any atom is 0.411 e. The number of aliphatic hydroxyl groups excluding tert-OH is 3. The van der Waals surface area contributed by atoms with Gasteiger partial charge in [0.15, 0.2) is 23.5 Å². The number of Topliss-reactive ketones (excluding diaryl/α,β-unsaturated/α-hetero) is 1. The highest BCUT2D eigenvalue weighted by Gasteiger charge is 2.76. The third kappa shape index (κ3) is 13.6. The molecule has 464 valence electrons. The number of amides is 8. The van der Waals surface area contributed by atoms with Crippen LogP contribution in [0.4, 0.5) is 21.0 Å². The summed E-state index contributed by atoms with van der Waals surface area (Å²) in [6, 6.07) is 16.5. The van der Waals surface area contributed by atoms with E-state index in [1.165, 1.54) is 12.2 Å². The number of nitrogens with two attached hydrogens (primary N) is 1. The quantitative estimate of drug-likeness (QED) is 0.0367. The molecule has 22 nitrogen and oxygen atoms in total. The number of anilines is 2. The predicted octanol–water partition coefficient (Wildman–Crippen LogP) is 5.62. The molecule has 3 aromatic rings. The van der Waals surface area contributed by atoms with Gasteiger partial charge in [0.25, 0.3) is 11.8 Å². The first-order valence-corrected chi connectivity index (χ1v) is 30.0. The number of primary amides is 1. The van der Waals surface area contributed by atoms with Gasteiger partial charge in [-0.3, -0.25) is 43.8 Å². The van der Waals surface area contributed by atoms with Crippen molar-refractivity contribution in [2.24, 2.45) is 40.2 Å². The maximum absolute atomic E-state index is 14.1. The lowest BCUT2D eigenvalue weighted by Gasteiger charge is -2.59. The van der Waals surface area contributed by atoms with E-state index in [1.807, 2.05) is 43.3 Å². The Balaban J connectivity index is 0.763. The number of carbonyl (C=O) groups is 9. The highest BCUT2D eigenvalue weighted by molar-refractivity contribution is 6.12. The fourth-order valence-corrected chi connectivity index (χ4v) is 14.4. The fraction of sp³-hybridized carbons (Fsp3) is 0.492. The highest BCUT2D eigenvalue weighted by Crippen LogP contribution is 2.70. The number of aliphatic hydroxyl groups is 3. The Morgan fingerprint density at radius 3 is 2.30 bits per heavy atom. The Morgan fingerprint density at radius 2 is 1.59 bits per heavy atom. The van der Waals surface area contributed by atoms with Crippen LogP contribution in [0.1, 0.15) is 126 Å². The molecule has 10 N–H and O–H groups in total. The number of unbranched alkanes of at least 4 members (excludes halogenated alkanes) is 2. The van der Waals surface area contributed by atoms with Crippen molar-refractivity contribution < 1.29 is 72.7 Å². The third-order valence-corrected chi connectivity index (χ3v) is 18.6. The van der Waals surface area contributed by atoms with Gasteiger partial charge in [-0.05, 0) is 123 Å². The van der Waals surface area contributed by atoms with Crippen molar-refractivity contribution in [2.45, 2.75) is 148 Å². The summed E-state index contributed by atoms with van der Waals surface area (Å²) >= 11 is 0. The summed E-state index contributed by atoms with van der Waals surface area (Å²) in [5.74, 6) is -3.33. The van der Waals surface area contributed by atoms with Crippen LogP contribution in [0.25, 0.3) is 0 Å². The summed E-state index contributed by atoms with van der Waals surface area (Å²) in [6.45, 7) is 6.69. The molecule has 87 heavy (non-hydrogen) atoms. The highest BCUT2D eigenvalue weighted by atomic mass is 16.7. The summed E-state index contributed by atoms with van der Waals surface area (Å²) in [5, 5.41) is 46.5. The molecule has 0 unspecified atom stereocenters. The van der Waals surface area contributed by atoms with Gasteiger partial charge in [-0.25, -0.2) is 9.59 Å². The number of allylic oxidation sites excluding steroid dienone is 4. The number of nitrogens with zero attached hydrogens (tertiary/aromatic N) is 1. The fourth-order valence-electron chi connectivity index (χ4n) is 14.4. The van der Waals surface area contributed by atoms with Gasteiger partial charge in [-0.2, -0.15) is 0 Å². The zero-order valence-electron chi connectivity index (χ0n) is 49.5. The lowest BCUT2D eigenvalue weighted by molar-refractivity contribution is -0.201. The first kappa shape index (κ1) is 63.6. The lowest BCUT2D eigenvalue weighted by atomic mass is 9.46. The van der Waals surface area contributed by atoms with Gasteiger partial charge in [0, 0.05) is 70.9 Å². The molecule has 22 heteroatoms. The summed E-state index contributed by atoms with van der Waals surface area (Å²) in [7, 11) is 0. The van der Waals surface area contributed by atoms with Crippen molar-refractivity contribution in [1.82, 2.24) is 20.9 Å². The van der Waals surface area contributed by atoms with E-state index < -0.39 is 89.9 Å². The molecule has 1 saturated heterocycles. The van der Waals surface area contributed by atoms with Crippen LogP contribution in [0, 0.1) is 34.5 Å². The van der Waals surface area contributed by atoms with Crippen molar-refractivity contribution in [1.29, 1.82) is 0 Å². The number of hydrogen-bond acceptors (Lipinski definition) is 15. The molecule has 4 aliphatic carbocycles. The molecule has 0 aromatic heterocycles. The van der Waals surface area contributed by atoms with Gasteiger partial charge in [-0.1, -0.05) is 94.3 Å². The summed E-state index contributed by atoms with van der Waals surface area (Å²) in [4.78, 5) is 116. The molecule has 3 saturated carbocycles. The number of ether oxygens (including phenoxy) is 3. The number of hydrogen-bond donors (Lipinski definition) is 9. The van der Waals surface area contributed by atoms with E-state index in [2.05, 4.69) is 33.5 Å². The molecule has 0 spiro atoms. The minimum Gasteiger partial charge on any atom is -0.444 e. The first-order valence-electron chi connectivity index (χ1n) is 30.0. The predicted molar refractivity (Wildman–Crippen MR) is 317 cm³/mol. The molecule has 3 aromatic carbocycles. The average molecular weight is 1200 g/mol. The summed E-state index contributed by atoms with van der Waals surface area (Å²) in [5.41, 5.74) is 7.48. The molecule has 0 bridgehead atoms. The van der Waals surface area contributed by atoms with Crippen LogP contribution in [0.3, 0.4) is 0 Å². The second-order valence-electron chi connectivity index (χ2n) is 24.6. The molecule has 11 atom stereocenters. The smallest absolute Gasteiger partial charge is 0.411 e. The molecule has 6 aliphatic rings. The first-order chi connectivity index (χ1) is 41.6. The minimum absolute atomic E-state index is 0.0246. The monoisotopic (exact) mass is 1200 g/mol. The zero-order chi connectivity index (χ0) is 62.4. The zero-order valence-corrected chi connectivity index (χ0v) is 49.5. The average Bonchev–Trinajstić information content (AvgIpc) is 1.55. The number of imide groups is 1. The number of benzene rings is 3. The second-order valence-corrected chi connectivity index (χ2v) is 24.6. The Bertz CT molecular complexity index is 3230. The van der Waals surface area contributed by atoms with Crippen molar-refractivity contribution in [3.05, 3.63) is 131 Å². The van der Waals surface area contributed by atoms with E-state index in [-0.39, 0.29) is 92.6 Å². The maximum atomic E-state index is 14.1. The number of urea groups is 1. The molecule has 4 fully saturated rings. The normalized spacial score (nSPS) is 26.6. The van der Waals surface area contributed by atoms with E-state index in [9.17, 15) is 58.5 Å². The number of carbonyl (C=O) groups excluding carboxylic acids is 9. The molecule has 2 aliphatic heterocycles. The Morgan fingerprint density at radius 1 is 0.851 bits per heavy atom. The van der Waals surface area contributed by atoms with E-state index in [1.54, 1.807) is 62.4 Å². The molecule has 2 heterocycles. The number of fused-ring (bicyclic) bond motifs is 7. The third-order valence-electron chi connectivity index (χ3n) is 18.6. The van der Waals surface area contributed by atoms with Crippen LogP contribution in [0.5, 0.6) is 0 Å². The number of rotatable bonds is 25. The van der Waals surface area contributed by atoms with Gasteiger partial charge in [0.05, 0.1) is 18.8 Å². The Labute approximate surface area is 505 Å². The molecule has 9 rings (SSSR count). The lowest BCUT2D eigenvalue weighted by Crippen LogP contribution is -2.63. The van der Waals surface area contributed by atoms with Gasteiger partial charge in [-0.15, -0.1) is 0 Å². The Hall–Kier alpha value is -7.89. The van der Waals surface area contributed by atoms with Crippen LogP contribution >= 0.6 is 0 Å². The van der Waals surface area contributed by atoms with Crippen LogP contribution in [-0.4, -0.2) is 123 Å². The van der Waals surface area contributed by atoms with Crippen molar-refractivity contribution in [3.8, 4) is 0 Å².